The number of rotatable bonds is 5. The smallest absolute Gasteiger partial charge is 0.242 e. The highest BCUT2D eigenvalue weighted by atomic mass is 32.2. The summed E-state index contributed by atoms with van der Waals surface area (Å²) in [7, 11) is -0.454. The SMILES string of the molecule is C=C(C)CNc1cc(S(=O)(=O)N(C)C)ccc1N. The van der Waals surface area contributed by atoms with E-state index in [0.717, 1.165) is 5.57 Å². The molecule has 0 saturated carbocycles. The third-order valence-electron chi connectivity index (χ3n) is 2.38. The van der Waals surface area contributed by atoms with Crippen LogP contribution in [-0.4, -0.2) is 33.4 Å². The number of hydrogen-bond donors (Lipinski definition) is 2. The summed E-state index contributed by atoms with van der Waals surface area (Å²) in [6.45, 7) is 6.20. The van der Waals surface area contributed by atoms with Crippen LogP contribution in [0.5, 0.6) is 0 Å². The Kier molecular flexibility index (Phi) is 4.37. The Morgan fingerprint density at radius 3 is 2.56 bits per heavy atom. The van der Waals surface area contributed by atoms with Crippen LogP contribution in [0.3, 0.4) is 0 Å². The van der Waals surface area contributed by atoms with Crippen LogP contribution in [0.4, 0.5) is 11.4 Å². The van der Waals surface area contributed by atoms with Crippen molar-refractivity contribution in [1.82, 2.24) is 4.31 Å². The van der Waals surface area contributed by atoms with Gasteiger partial charge in [0.1, 0.15) is 0 Å². The molecule has 1 aromatic rings. The van der Waals surface area contributed by atoms with E-state index in [1.807, 2.05) is 6.92 Å². The van der Waals surface area contributed by atoms with Crippen LogP contribution in [0.15, 0.2) is 35.2 Å². The molecule has 1 rings (SSSR count). The lowest BCUT2D eigenvalue weighted by atomic mass is 10.2. The molecule has 18 heavy (non-hydrogen) atoms. The van der Waals surface area contributed by atoms with E-state index in [0.29, 0.717) is 17.9 Å². The second kappa shape index (κ2) is 5.41. The Balaban J connectivity index is 3.12. The van der Waals surface area contributed by atoms with Crippen molar-refractivity contribution in [2.75, 3.05) is 31.7 Å². The van der Waals surface area contributed by atoms with Crippen molar-refractivity contribution in [2.45, 2.75) is 11.8 Å². The van der Waals surface area contributed by atoms with E-state index < -0.39 is 10.0 Å². The van der Waals surface area contributed by atoms with E-state index in [1.165, 1.54) is 30.5 Å². The van der Waals surface area contributed by atoms with Crippen LogP contribution in [0, 0.1) is 0 Å². The van der Waals surface area contributed by atoms with Gasteiger partial charge in [-0.3, -0.25) is 0 Å². The van der Waals surface area contributed by atoms with E-state index in [2.05, 4.69) is 11.9 Å². The Morgan fingerprint density at radius 2 is 2.06 bits per heavy atom. The molecule has 0 bridgehead atoms. The summed E-state index contributed by atoms with van der Waals surface area (Å²) in [5, 5.41) is 3.06. The van der Waals surface area contributed by atoms with Crippen LogP contribution in [0.25, 0.3) is 0 Å². The van der Waals surface area contributed by atoms with Crippen LogP contribution < -0.4 is 11.1 Å². The summed E-state index contributed by atoms with van der Waals surface area (Å²) in [6.07, 6.45) is 0. The lowest BCUT2D eigenvalue weighted by Gasteiger charge is -2.14. The molecule has 0 fully saturated rings. The van der Waals surface area contributed by atoms with Gasteiger partial charge in [0.25, 0.3) is 0 Å². The number of nitrogens with one attached hydrogen (secondary N) is 1. The Hall–Kier alpha value is -1.53. The van der Waals surface area contributed by atoms with Crippen LogP contribution in [0.2, 0.25) is 0 Å². The molecule has 100 valence electrons. The van der Waals surface area contributed by atoms with Gasteiger partial charge in [0.2, 0.25) is 10.0 Å². The second-order valence-electron chi connectivity index (χ2n) is 4.35. The van der Waals surface area contributed by atoms with E-state index in [-0.39, 0.29) is 4.90 Å². The highest BCUT2D eigenvalue weighted by molar-refractivity contribution is 7.89. The maximum atomic E-state index is 12.0. The molecular formula is C12H19N3O2S. The molecule has 0 aliphatic carbocycles. The van der Waals surface area contributed by atoms with Gasteiger partial charge >= 0.3 is 0 Å². The van der Waals surface area contributed by atoms with Gasteiger partial charge in [-0.2, -0.15) is 0 Å². The molecule has 0 aromatic heterocycles. The zero-order chi connectivity index (χ0) is 13.9. The normalized spacial score (nSPS) is 11.6. The number of nitrogens with zero attached hydrogens (tertiary/aromatic N) is 1. The van der Waals surface area contributed by atoms with Gasteiger partial charge in [-0.05, 0) is 25.1 Å². The summed E-state index contributed by atoms with van der Waals surface area (Å²) in [6, 6.07) is 4.61. The fraction of sp³-hybridized carbons (Fsp3) is 0.333. The molecule has 0 heterocycles. The van der Waals surface area contributed by atoms with Gasteiger partial charge < -0.3 is 11.1 Å². The van der Waals surface area contributed by atoms with Gasteiger partial charge in [-0.15, -0.1) is 0 Å². The first-order valence-corrected chi connectivity index (χ1v) is 6.89. The van der Waals surface area contributed by atoms with E-state index >= 15 is 0 Å². The number of sulfonamides is 1. The Labute approximate surface area is 108 Å². The fourth-order valence-corrected chi connectivity index (χ4v) is 2.23. The first kappa shape index (κ1) is 14.5. The van der Waals surface area contributed by atoms with Gasteiger partial charge in [0, 0.05) is 20.6 Å². The average Bonchev–Trinajstić information content (AvgIpc) is 2.27. The summed E-state index contributed by atoms with van der Waals surface area (Å²) in [5.41, 5.74) is 7.84. The van der Waals surface area contributed by atoms with Crippen LogP contribution in [0.1, 0.15) is 6.92 Å². The highest BCUT2D eigenvalue weighted by Gasteiger charge is 2.18. The predicted molar refractivity (Wildman–Crippen MR) is 75.0 cm³/mol. The van der Waals surface area contributed by atoms with E-state index in [1.54, 1.807) is 6.07 Å². The standard InChI is InChI=1S/C12H19N3O2S/c1-9(2)8-14-12-7-10(5-6-11(12)13)18(16,17)15(3)4/h5-7,14H,1,8,13H2,2-4H3. The van der Waals surface area contributed by atoms with Crippen molar-refractivity contribution in [2.24, 2.45) is 0 Å². The van der Waals surface area contributed by atoms with Gasteiger partial charge in [-0.1, -0.05) is 12.2 Å². The number of nitrogen functional groups attached to an aromatic ring is 1. The summed E-state index contributed by atoms with van der Waals surface area (Å²) >= 11 is 0. The predicted octanol–water partition coefficient (Wildman–Crippen LogP) is 1.51. The highest BCUT2D eigenvalue weighted by Crippen LogP contribution is 2.24. The minimum atomic E-state index is -3.44. The lowest BCUT2D eigenvalue weighted by Crippen LogP contribution is -2.22. The molecule has 3 N–H and O–H groups in total. The Morgan fingerprint density at radius 1 is 1.44 bits per heavy atom. The van der Waals surface area contributed by atoms with Crippen molar-refractivity contribution in [3.05, 3.63) is 30.4 Å². The van der Waals surface area contributed by atoms with Crippen LogP contribution in [-0.2, 0) is 10.0 Å². The lowest BCUT2D eigenvalue weighted by molar-refractivity contribution is 0.521. The summed E-state index contributed by atoms with van der Waals surface area (Å²) < 4.78 is 25.1. The summed E-state index contributed by atoms with van der Waals surface area (Å²) in [4.78, 5) is 0.214. The largest absolute Gasteiger partial charge is 0.397 e. The quantitative estimate of drug-likeness (QED) is 0.627. The minimum Gasteiger partial charge on any atom is -0.397 e. The summed E-state index contributed by atoms with van der Waals surface area (Å²) in [5.74, 6) is 0. The van der Waals surface area contributed by atoms with E-state index in [4.69, 9.17) is 5.73 Å². The van der Waals surface area contributed by atoms with Crippen molar-refractivity contribution >= 4 is 21.4 Å². The monoisotopic (exact) mass is 269 g/mol. The zero-order valence-corrected chi connectivity index (χ0v) is 11.7. The molecule has 0 atom stereocenters. The van der Waals surface area contributed by atoms with Crippen molar-refractivity contribution in [1.29, 1.82) is 0 Å². The molecule has 1 aromatic carbocycles. The molecule has 5 nitrogen and oxygen atoms in total. The molecule has 0 radical (unpaired) electrons. The molecule has 0 saturated heterocycles. The number of nitrogens with two attached hydrogens (primary N) is 1. The van der Waals surface area contributed by atoms with Crippen LogP contribution >= 0.6 is 0 Å². The van der Waals surface area contributed by atoms with E-state index in [9.17, 15) is 8.42 Å². The van der Waals surface area contributed by atoms with Gasteiger partial charge in [0.05, 0.1) is 16.3 Å². The second-order valence-corrected chi connectivity index (χ2v) is 6.50. The molecule has 0 unspecified atom stereocenters. The Bertz CT molecular complexity index is 550. The number of anilines is 2. The maximum absolute atomic E-state index is 12.0. The third-order valence-corrected chi connectivity index (χ3v) is 4.20. The van der Waals surface area contributed by atoms with Crippen molar-refractivity contribution < 1.29 is 8.42 Å². The molecular weight excluding hydrogens is 250 g/mol. The molecule has 0 aliphatic rings. The average molecular weight is 269 g/mol. The van der Waals surface area contributed by atoms with Crippen molar-refractivity contribution in [3.63, 3.8) is 0 Å². The molecule has 0 aliphatic heterocycles. The topological polar surface area (TPSA) is 75.4 Å². The van der Waals surface area contributed by atoms with Crippen molar-refractivity contribution in [3.8, 4) is 0 Å². The molecule has 0 spiro atoms. The number of hydrogen-bond acceptors (Lipinski definition) is 4. The van der Waals surface area contributed by atoms with Gasteiger partial charge in [0.15, 0.2) is 0 Å². The van der Waals surface area contributed by atoms with Gasteiger partial charge in [-0.25, -0.2) is 12.7 Å². The maximum Gasteiger partial charge on any atom is 0.242 e. The fourth-order valence-electron chi connectivity index (χ4n) is 1.31. The minimum absolute atomic E-state index is 0.214. The zero-order valence-electron chi connectivity index (χ0n) is 10.9. The molecule has 0 amide bonds. The third kappa shape index (κ3) is 3.24. The first-order valence-electron chi connectivity index (χ1n) is 5.45. The number of benzene rings is 1. The molecule has 6 heteroatoms. The first-order chi connectivity index (χ1) is 8.25.